The van der Waals surface area contributed by atoms with Gasteiger partial charge < -0.3 is 5.32 Å². The van der Waals surface area contributed by atoms with E-state index in [9.17, 15) is 0 Å². The number of nitrogens with zero attached hydrogens (tertiary/aromatic N) is 2. The molecule has 0 bridgehead atoms. The molecule has 1 aromatic heterocycles. The first-order chi connectivity index (χ1) is 4.29. The summed E-state index contributed by atoms with van der Waals surface area (Å²) in [7, 11) is 0. The van der Waals surface area contributed by atoms with Gasteiger partial charge >= 0.3 is 0 Å². The fraction of sp³-hybridized carbons (Fsp3) is 0.600. The van der Waals surface area contributed by atoms with Crippen LogP contribution in [0.15, 0.2) is 6.20 Å². The van der Waals surface area contributed by atoms with Crippen molar-refractivity contribution in [3.05, 3.63) is 6.20 Å². The van der Waals surface area contributed by atoms with Gasteiger partial charge in [-0.15, -0.1) is 0 Å². The van der Waals surface area contributed by atoms with Crippen LogP contribution in [0.25, 0.3) is 0 Å². The first-order valence-electron chi connectivity index (χ1n) is 2.83. The third-order valence-corrected chi connectivity index (χ3v) is 1.28. The number of aromatic nitrogens is 2. The Balaban J connectivity index is 2.48. The molecule has 1 rings (SSSR count). The highest BCUT2D eigenvalue weighted by atomic mass is 32.1. The largest absolute Gasteiger partial charge is 0.366 e. The van der Waals surface area contributed by atoms with Crippen molar-refractivity contribution in [3.63, 3.8) is 0 Å². The summed E-state index contributed by atoms with van der Waals surface area (Å²) >= 11 is 1.22. The minimum absolute atomic E-state index is 0.439. The molecule has 0 radical (unpaired) electrons. The average molecular weight is 143 g/mol. The Kier molecular flexibility index (Phi) is 2.00. The Morgan fingerprint density at radius 1 is 1.67 bits per heavy atom. The second-order valence-corrected chi connectivity index (χ2v) is 2.65. The minimum atomic E-state index is 0.439. The standard InChI is InChI=1S/C5H9N3S/c1-4(2)7-5-3-6-9-8-5/h3-4H,1-2H3,(H,7,8). The van der Waals surface area contributed by atoms with Crippen molar-refractivity contribution in [1.29, 1.82) is 0 Å². The lowest BCUT2D eigenvalue weighted by Gasteiger charge is -2.03. The molecule has 0 amide bonds. The Bertz CT molecular complexity index is 159. The molecule has 0 aliphatic carbocycles. The van der Waals surface area contributed by atoms with Gasteiger partial charge in [0.25, 0.3) is 0 Å². The summed E-state index contributed by atoms with van der Waals surface area (Å²) in [5.41, 5.74) is 0. The number of rotatable bonds is 2. The van der Waals surface area contributed by atoms with Crippen LogP contribution >= 0.6 is 11.7 Å². The molecule has 0 fully saturated rings. The molecule has 0 unspecified atom stereocenters. The molecule has 0 aliphatic heterocycles. The van der Waals surface area contributed by atoms with E-state index in [4.69, 9.17) is 0 Å². The van der Waals surface area contributed by atoms with Gasteiger partial charge in [0.2, 0.25) is 0 Å². The van der Waals surface area contributed by atoms with E-state index < -0.39 is 0 Å². The van der Waals surface area contributed by atoms with Crippen molar-refractivity contribution in [2.45, 2.75) is 19.9 Å². The predicted octanol–water partition coefficient (Wildman–Crippen LogP) is 1.36. The summed E-state index contributed by atoms with van der Waals surface area (Å²) in [6, 6.07) is 0.439. The average Bonchev–Trinajstić information content (AvgIpc) is 2.15. The van der Waals surface area contributed by atoms with E-state index in [1.807, 2.05) is 0 Å². The van der Waals surface area contributed by atoms with E-state index in [0.717, 1.165) is 5.82 Å². The van der Waals surface area contributed by atoms with Gasteiger partial charge in [0.1, 0.15) is 0 Å². The third-order valence-electron chi connectivity index (χ3n) is 0.798. The molecule has 0 spiro atoms. The highest BCUT2D eigenvalue weighted by Gasteiger charge is 1.94. The lowest BCUT2D eigenvalue weighted by atomic mass is 10.4. The molecule has 4 heteroatoms. The molecule has 9 heavy (non-hydrogen) atoms. The van der Waals surface area contributed by atoms with E-state index in [1.165, 1.54) is 11.7 Å². The third kappa shape index (κ3) is 1.97. The van der Waals surface area contributed by atoms with Crippen molar-refractivity contribution < 1.29 is 0 Å². The molecule has 1 aromatic rings. The number of hydrogen-bond donors (Lipinski definition) is 1. The zero-order valence-corrected chi connectivity index (χ0v) is 6.27. The smallest absolute Gasteiger partial charge is 0.160 e. The van der Waals surface area contributed by atoms with Crippen LogP contribution in [0.4, 0.5) is 5.82 Å². The summed E-state index contributed by atoms with van der Waals surface area (Å²) in [6.45, 7) is 4.14. The van der Waals surface area contributed by atoms with Crippen molar-refractivity contribution in [3.8, 4) is 0 Å². The maximum Gasteiger partial charge on any atom is 0.160 e. The SMILES string of the molecule is CC(C)Nc1cnsn1. The number of hydrogen-bond acceptors (Lipinski definition) is 4. The molecule has 0 saturated carbocycles. The van der Waals surface area contributed by atoms with Gasteiger partial charge in [-0.1, -0.05) is 0 Å². The Morgan fingerprint density at radius 3 is 2.89 bits per heavy atom. The number of nitrogens with one attached hydrogen (secondary N) is 1. The lowest BCUT2D eigenvalue weighted by molar-refractivity contribution is 0.893. The van der Waals surface area contributed by atoms with Crippen LogP contribution < -0.4 is 5.32 Å². The van der Waals surface area contributed by atoms with Gasteiger partial charge in [-0.2, -0.15) is 8.75 Å². The van der Waals surface area contributed by atoms with E-state index in [0.29, 0.717) is 6.04 Å². The van der Waals surface area contributed by atoms with Crippen molar-refractivity contribution in [2.75, 3.05) is 5.32 Å². The van der Waals surface area contributed by atoms with Crippen LogP contribution in [0.2, 0.25) is 0 Å². The van der Waals surface area contributed by atoms with Crippen molar-refractivity contribution >= 4 is 17.5 Å². The summed E-state index contributed by atoms with van der Waals surface area (Å²) < 4.78 is 7.82. The molecule has 1 N–H and O–H groups in total. The summed E-state index contributed by atoms with van der Waals surface area (Å²) in [5, 5.41) is 3.12. The van der Waals surface area contributed by atoms with Gasteiger partial charge in [-0.25, -0.2) is 0 Å². The number of anilines is 1. The zero-order chi connectivity index (χ0) is 6.69. The van der Waals surface area contributed by atoms with Gasteiger partial charge in [0.15, 0.2) is 5.82 Å². The monoisotopic (exact) mass is 143 g/mol. The van der Waals surface area contributed by atoms with Gasteiger partial charge in [-0.3, -0.25) is 0 Å². The van der Waals surface area contributed by atoms with E-state index >= 15 is 0 Å². The van der Waals surface area contributed by atoms with Crippen molar-refractivity contribution in [1.82, 2.24) is 8.75 Å². The topological polar surface area (TPSA) is 37.8 Å². The van der Waals surface area contributed by atoms with Crippen LogP contribution in [0.5, 0.6) is 0 Å². The van der Waals surface area contributed by atoms with Crippen LogP contribution in [-0.2, 0) is 0 Å². The molecule has 1 heterocycles. The first-order valence-corrected chi connectivity index (χ1v) is 3.56. The summed E-state index contributed by atoms with van der Waals surface area (Å²) in [5.74, 6) is 0.870. The molecule has 0 saturated heterocycles. The highest BCUT2D eigenvalue weighted by molar-refractivity contribution is 6.99. The van der Waals surface area contributed by atoms with Gasteiger partial charge in [0.05, 0.1) is 17.9 Å². The Morgan fingerprint density at radius 2 is 2.44 bits per heavy atom. The van der Waals surface area contributed by atoms with E-state index in [-0.39, 0.29) is 0 Å². The summed E-state index contributed by atoms with van der Waals surface area (Å²) in [6.07, 6.45) is 1.73. The quantitative estimate of drug-likeness (QED) is 0.679. The van der Waals surface area contributed by atoms with Gasteiger partial charge in [0, 0.05) is 6.04 Å². The predicted molar refractivity (Wildman–Crippen MR) is 38.7 cm³/mol. The van der Waals surface area contributed by atoms with Crippen LogP contribution in [0.3, 0.4) is 0 Å². The molecule has 0 aromatic carbocycles. The molecule has 50 valence electrons. The molecule has 0 atom stereocenters. The minimum Gasteiger partial charge on any atom is -0.366 e. The highest BCUT2D eigenvalue weighted by Crippen LogP contribution is 2.02. The normalized spacial score (nSPS) is 10.1. The fourth-order valence-corrected chi connectivity index (χ4v) is 0.906. The molecular weight excluding hydrogens is 134 g/mol. The van der Waals surface area contributed by atoms with Crippen LogP contribution in [0, 0.1) is 0 Å². The van der Waals surface area contributed by atoms with E-state index in [2.05, 4.69) is 27.9 Å². The maximum atomic E-state index is 3.98. The second-order valence-electron chi connectivity index (χ2n) is 2.09. The maximum absolute atomic E-state index is 3.98. The zero-order valence-electron chi connectivity index (χ0n) is 5.46. The van der Waals surface area contributed by atoms with Gasteiger partial charge in [-0.05, 0) is 13.8 Å². The molecule has 0 aliphatic rings. The second kappa shape index (κ2) is 2.77. The van der Waals surface area contributed by atoms with E-state index in [1.54, 1.807) is 6.20 Å². The van der Waals surface area contributed by atoms with Crippen LogP contribution in [-0.4, -0.2) is 14.8 Å². The van der Waals surface area contributed by atoms with Crippen molar-refractivity contribution in [2.24, 2.45) is 0 Å². The Labute approximate surface area is 58.4 Å². The first kappa shape index (κ1) is 6.48. The molecular formula is C5H9N3S. The molecule has 3 nitrogen and oxygen atoms in total. The summed E-state index contributed by atoms with van der Waals surface area (Å²) in [4.78, 5) is 0. The lowest BCUT2D eigenvalue weighted by Crippen LogP contribution is -2.09. The Hall–Kier alpha value is -0.640. The van der Waals surface area contributed by atoms with Crippen LogP contribution in [0.1, 0.15) is 13.8 Å². The fourth-order valence-electron chi connectivity index (χ4n) is 0.524.